The zero-order valence-corrected chi connectivity index (χ0v) is 19.4. The fourth-order valence-corrected chi connectivity index (χ4v) is 4.77. The Morgan fingerprint density at radius 1 is 1.29 bits per heavy atom. The molecule has 6 heteroatoms. The van der Waals surface area contributed by atoms with Crippen LogP contribution in [0.3, 0.4) is 0 Å². The normalized spacial score (nSPS) is 19.6. The van der Waals surface area contributed by atoms with Crippen LogP contribution in [0, 0.1) is 6.92 Å². The maximum atomic E-state index is 13.3. The van der Waals surface area contributed by atoms with E-state index in [0.29, 0.717) is 18.2 Å². The maximum absolute atomic E-state index is 13.3. The molecule has 2 aliphatic rings. The van der Waals surface area contributed by atoms with Crippen molar-refractivity contribution in [3.8, 4) is 5.75 Å². The number of aromatic nitrogens is 1. The van der Waals surface area contributed by atoms with Crippen molar-refractivity contribution in [3.05, 3.63) is 69.8 Å². The van der Waals surface area contributed by atoms with Crippen LogP contribution in [0.15, 0.2) is 53.1 Å². The Morgan fingerprint density at radius 2 is 2.13 bits per heavy atom. The second-order valence-electron chi connectivity index (χ2n) is 8.77. The average molecular weight is 480 g/mol. The highest BCUT2D eigenvalue weighted by Crippen LogP contribution is 2.48. The molecule has 0 radical (unpaired) electrons. The third-order valence-corrected chi connectivity index (χ3v) is 7.10. The van der Waals surface area contributed by atoms with Gasteiger partial charge in [-0.15, -0.1) is 0 Å². The molecule has 1 N–H and O–H groups in total. The lowest BCUT2D eigenvalue weighted by atomic mass is 9.98. The summed E-state index contributed by atoms with van der Waals surface area (Å²) < 4.78 is 6.97. The molecule has 1 saturated carbocycles. The summed E-state index contributed by atoms with van der Waals surface area (Å²) in [6.45, 7) is 3.75. The van der Waals surface area contributed by atoms with E-state index in [-0.39, 0.29) is 11.4 Å². The van der Waals surface area contributed by atoms with E-state index in [4.69, 9.17) is 4.74 Å². The number of carbonyl (C=O) groups is 1. The minimum atomic E-state index is -0.347. The molecule has 5 rings (SSSR count). The SMILES string of the molecule is Cc1ccc(OC[C@@H]2CCN2C)cc1C(=O)NC1(c2cc(Br)cc3ncccc23)CC1. The first-order chi connectivity index (χ1) is 14.9. The van der Waals surface area contributed by atoms with E-state index in [1.165, 1.54) is 0 Å². The van der Waals surface area contributed by atoms with Crippen molar-refractivity contribution < 1.29 is 9.53 Å². The zero-order valence-electron chi connectivity index (χ0n) is 17.8. The molecule has 0 spiro atoms. The number of amides is 1. The van der Waals surface area contributed by atoms with Crippen LogP contribution in [-0.2, 0) is 5.54 Å². The third kappa shape index (κ3) is 3.94. The molecule has 160 valence electrons. The monoisotopic (exact) mass is 479 g/mol. The molecule has 1 aliphatic carbocycles. The van der Waals surface area contributed by atoms with E-state index in [0.717, 1.165) is 58.1 Å². The number of fused-ring (bicyclic) bond motifs is 1. The average Bonchev–Trinajstić information content (AvgIpc) is 3.53. The molecule has 2 heterocycles. The van der Waals surface area contributed by atoms with Gasteiger partial charge in [0, 0.05) is 27.7 Å². The molecule has 2 fully saturated rings. The Kier molecular flexibility index (Phi) is 5.22. The minimum absolute atomic E-state index is 0.0572. The van der Waals surface area contributed by atoms with Gasteiger partial charge in [0.05, 0.1) is 11.1 Å². The second-order valence-corrected chi connectivity index (χ2v) is 9.69. The first-order valence-electron chi connectivity index (χ1n) is 10.8. The third-order valence-electron chi connectivity index (χ3n) is 6.64. The second kappa shape index (κ2) is 7.92. The Hall–Kier alpha value is -2.44. The topological polar surface area (TPSA) is 54.5 Å². The molecular formula is C25H26BrN3O2. The lowest BCUT2D eigenvalue weighted by Crippen LogP contribution is -2.48. The Bertz CT molecular complexity index is 1160. The summed E-state index contributed by atoms with van der Waals surface area (Å²) in [4.78, 5) is 20.1. The fraction of sp³-hybridized carbons (Fsp3) is 0.360. The number of pyridine rings is 1. The number of aryl methyl sites for hydroxylation is 1. The summed E-state index contributed by atoms with van der Waals surface area (Å²) in [7, 11) is 2.11. The van der Waals surface area contributed by atoms with Gasteiger partial charge in [0.1, 0.15) is 12.4 Å². The maximum Gasteiger partial charge on any atom is 0.252 e. The number of likely N-dealkylation sites (tertiary alicyclic amines) is 1. The summed E-state index contributed by atoms with van der Waals surface area (Å²) in [6, 6.07) is 14.4. The molecule has 1 aliphatic heterocycles. The Labute approximate surface area is 190 Å². The summed E-state index contributed by atoms with van der Waals surface area (Å²) >= 11 is 3.61. The van der Waals surface area contributed by atoms with Crippen LogP contribution in [0.25, 0.3) is 10.9 Å². The first kappa shape index (κ1) is 20.5. The van der Waals surface area contributed by atoms with Gasteiger partial charge in [0.2, 0.25) is 0 Å². The number of halogens is 1. The molecule has 31 heavy (non-hydrogen) atoms. The van der Waals surface area contributed by atoms with E-state index in [2.05, 4.69) is 50.3 Å². The van der Waals surface area contributed by atoms with Crippen LogP contribution in [-0.4, -0.2) is 42.0 Å². The van der Waals surface area contributed by atoms with Crippen LogP contribution in [0.5, 0.6) is 5.75 Å². The van der Waals surface area contributed by atoms with Gasteiger partial charge < -0.3 is 10.1 Å². The van der Waals surface area contributed by atoms with Gasteiger partial charge in [-0.1, -0.05) is 28.1 Å². The molecule has 3 aromatic rings. The number of hydrogen-bond donors (Lipinski definition) is 1. The van der Waals surface area contributed by atoms with E-state index >= 15 is 0 Å². The molecule has 1 amide bonds. The smallest absolute Gasteiger partial charge is 0.252 e. The lowest BCUT2D eigenvalue weighted by Gasteiger charge is -2.37. The molecule has 1 saturated heterocycles. The van der Waals surface area contributed by atoms with Gasteiger partial charge >= 0.3 is 0 Å². The van der Waals surface area contributed by atoms with Crippen LogP contribution < -0.4 is 10.1 Å². The number of nitrogens with zero attached hydrogens (tertiary/aromatic N) is 2. The molecule has 0 unspecified atom stereocenters. The number of rotatable bonds is 6. The van der Waals surface area contributed by atoms with Crippen molar-refractivity contribution in [2.45, 2.75) is 37.8 Å². The Balaban J connectivity index is 1.38. The molecule has 1 atom stereocenters. The molecule has 2 aromatic carbocycles. The van der Waals surface area contributed by atoms with Gasteiger partial charge in [-0.2, -0.15) is 0 Å². The van der Waals surface area contributed by atoms with Gasteiger partial charge in [-0.25, -0.2) is 0 Å². The van der Waals surface area contributed by atoms with Crippen molar-refractivity contribution in [3.63, 3.8) is 0 Å². The summed E-state index contributed by atoms with van der Waals surface area (Å²) in [5, 5.41) is 4.42. The number of carbonyl (C=O) groups excluding carboxylic acids is 1. The number of benzene rings is 2. The van der Waals surface area contributed by atoms with Crippen LogP contribution in [0.4, 0.5) is 0 Å². The van der Waals surface area contributed by atoms with Gasteiger partial charge in [0.15, 0.2) is 0 Å². The quantitative estimate of drug-likeness (QED) is 0.551. The highest BCUT2D eigenvalue weighted by molar-refractivity contribution is 9.10. The fourth-order valence-electron chi connectivity index (χ4n) is 4.32. The van der Waals surface area contributed by atoms with Crippen molar-refractivity contribution >= 4 is 32.7 Å². The summed E-state index contributed by atoms with van der Waals surface area (Å²) in [6.07, 6.45) is 4.80. The molecule has 5 nitrogen and oxygen atoms in total. The van der Waals surface area contributed by atoms with Crippen LogP contribution >= 0.6 is 15.9 Å². The van der Waals surface area contributed by atoms with Crippen LogP contribution in [0.2, 0.25) is 0 Å². The predicted molar refractivity (Wildman–Crippen MR) is 126 cm³/mol. The first-order valence-corrected chi connectivity index (χ1v) is 11.6. The molecule has 1 aromatic heterocycles. The van der Waals surface area contributed by atoms with Gasteiger partial charge in [-0.05, 0) is 81.2 Å². The van der Waals surface area contributed by atoms with E-state index in [1.54, 1.807) is 6.20 Å². The van der Waals surface area contributed by atoms with E-state index in [1.807, 2.05) is 37.3 Å². The highest BCUT2D eigenvalue weighted by atomic mass is 79.9. The number of hydrogen-bond acceptors (Lipinski definition) is 4. The van der Waals surface area contributed by atoms with Crippen LogP contribution in [0.1, 0.15) is 40.7 Å². The molecule has 0 bridgehead atoms. The summed E-state index contributed by atoms with van der Waals surface area (Å²) in [5.74, 6) is 0.691. The highest BCUT2D eigenvalue weighted by Gasteiger charge is 2.47. The van der Waals surface area contributed by atoms with Crippen molar-refractivity contribution in [2.75, 3.05) is 20.2 Å². The standard InChI is InChI=1S/C25H26BrN3O2/c1-16-5-6-19(31-15-18-7-11-29(18)2)14-21(16)24(30)28-25(8-9-25)22-12-17(26)13-23-20(22)4-3-10-27-23/h3-6,10,12-14,18H,7-9,11,15H2,1-2H3,(H,28,30)/t18-/m0/s1. The van der Waals surface area contributed by atoms with Crippen molar-refractivity contribution in [1.29, 1.82) is 0 Å². The predicted octanol–water partition coefficient (Wildman–Crippen LogP) is 4.81. The number of likely N-dealkylation sites (N-methyl/N-ethyl adjacent to an activating group) is 1. The van der Waals surface area contributed by atoms with E-state index < -0.39 is 0 Å². The van der Waals surface area contributed by atoms with Gasteiger partial charge in [0.25, 0.3) is 5.91 Å². The largest absolute Gasteiger partial charge is 0.492 e. The van der Waals surface area contributed by atoms with Crippen molar-refractivity contribution in [2.24, 2.45) is 0 Å². The minimum Gasteiger partial charge on any atom is -0.492 e. The van der Waals surface area contributed by atoms with Gasteiger partial charge in [-0.3, -0.25) is 14.7 Å². The molecular weight excluding hydrogens is 454 g/mol. The lowest BCUT2D eigenvalue weighted by molar-refractivity contribution is 0.0767. The number of nitrogens with one attached hydrogen (secondary N) is 1. The summed E-state index contributed by atoms with van der Waals surface area (Å²) in [5.41, 5.74) is 3.32. The number of ether oxygens (including phenoxy) is 1. The Morgan fingerprint density at radius 3 is 2.84 bits per heavy atom. The van der Waals surface area contributed by atoms with Crippen molar-refractivity contribution in [1.82, 2.24) is 15.2 Å². The zero-order chi connectivity index (χ0) is 21.6. The van der Waals surface area contributed by atoms with E-state index in [9.17, 15) is 4.79 Å².